The van der Waals surface area contributed by atoms with Crippen molar-refractivity contribution in [2.24, 2.45) is 0 Å². The van der Waals surface area contributed by atoms with Crippen LogP contribution in [0.15, 0.2) is 60.0 Å². The average molecular weight is 483 g/mol. The number of para-hydroxylation sites is 1. The van der Waals surface area contributed by atoms with Gasteiger partial charge in [0, 0.05) is 22.5 Å². The summed E-state index contributed by atoms with van der Waals surface area (Å²) < 4.78 is 5.38. The molecule has 0 radical (unpaired) electrons. The highest BCUT2D eigenvalue weighted by molar-refractivity contribution is 7.10. The van der Waals surface area contributed by atoms with Gasteiger partial charge in [0.15, 0.2) is 0 Å². The van der Waals surface area contributed by atoms with Crippen LogP contribution in [0.3, 0.4) is 0 Å². The van der Waals surface area contributed by atoms with Crippen molar-refractivity contribution in [3.63, 3.8) is 0 Å². The first-order chi connectivity index (χ1) is 15.9. The average Bonchev–Trinajstić information content (AvgIpc) is 3.30. The predicted octanol–water partition coefficient (Wildman–Crippen LogP) is 5.44. The molecule has 1 aromatic heterocycles. The van der Waals surface area contributed by atoms with Crippen LogP contribution in [0.4, 0.5) is 0 Å². The second-order valence-electron chi connectivity index (χ2n) is 8.32. The summed E-state index contributed by atoms with van der Waals surface area (Å²) >= 11 is 7.84. The van der Waals surface area contributed by atoms with Crippen molar-refractivity contribution in [1.29, 1.82) is 0 Å². The van der Waals surface area contributed by atoms with Crippen molar-refractivity contribution >= 4 is 34.8 Å². The summed E-state index contributed by atoms with van der Waals surface area (Å²) in [4.78, 5) is 31.9. The van der Waals surface area contributed by atoms with Gasteiger partial charge in [0.05, 0.1) is 18.7 Å². The predicted molar refractivity (Wildman–Crippen MR) is 132 cm³/mol. The van der Waals surface area contributed by atoms with Crippen LogP contribution in [-0.4, -0.2) is 47.9 Å². The normalized spacial score (nSPS) is 15.3. The Kier molecular flexibility index (Phi) is 7.05. The van der Waals surface area contributed by atoms with Gasteiger partial charge in [0.25, 0.3) is 5.91 Å². The number of ether oxygens (including phenoxy) is 1. The third-order valence-corrected chi connectivity index (χ3v) is 7.25. The molecule has 0 bridgehead atoms. The van der Waals surface area contributed by atoms with Gasteiger partial charge >= 0.3 is 0 Å². The number of benzene rings is 2. The molecule has 4 rings (SSSR count). The van der Waals surface area contributed by atoms with E-state index in [4.69, 9.17) is 16.3 Å². The first-order valence-corrected chi connectivity index (χ1v) is 12.2. The van der Waals surface area contributed by atoms with Gasteiger partial charge in [-0.25, -0.2) is 0 Å². The Morgan fingerprint density at radius 2 is 1.88 bits per heavy atom. The number of thiophene rings is 1. The Bertz CT molecular complexity index is 1140. The van der Waals surface area contributed by atoms with Gasteiger partial charge in [-0.2, -0.15) is 0 Å². The summed E-state index contributed by atoms with van der Waals surface area (Å²) in [5.41, 5.74) is 2.61. The van der Waals surface area contributed by atoms with E-state index < -0.39 is 0 Å². The largest absolute Gasteiger partial charge is 0.496 e. The van der Waals surface area contributed by atoms with Gasteiger partial charge in [0.1, 0.15) is 12.3 Å². The second kappa shape index (κ2) is 9.98. The summed E-state index contributed by atoms with van der Waals surface area (Å²) in [6.45, 7) is 4.45. The lowest BCUT2D eigenvalue weighted by Crippen LogP contribution is -2.48. The molecular weight excluding hydrogens is 456 g/mol. The zero-order chi connectivity index (χ0) is 23.5. The first kappa shape index (κ1) is 23.3. The summed E-state index contributed by atoms with van der Waals surface area (Å²) in [5, 5.41) is 2.74. The maximum Gasteiger partial charge on any atom is 0.258 e. The topological polar surface area (TPSA) is 49.9 Å². The lowest BCUT2D eigenvalue weighted by atomic mass is 9.93. The van der Waals surface area contributed by atoms with E-state index in [0.29, 0.717) is 22.9 Å². The minimum atomic E-state index is -0.216. The van der Waals surface area contributed by atoms with E-state index >= 15 is 0 Å². The van der Waals surface area contributed by atoms with E-state index in [1.807, 2.05) is 49.1 Å². The fourth-order valence-corrected chi connectivity index (χ4v) is 5.32. The molecule has 0 N–H and O–H groups in total. The van der Waals surface area contributed by atoms with E-state index in [2.05, 4.69) is 11.4 Å². The highest BCUT2D eigenvalue weighted by atomic mass is 35.5. The Morgan fingerprint density at radius 3 is 2.58 bits per heavy atom. The van der Waals surface area contributed by atoms with Gasteiger partial charge in [-0.05, 0) is 67.1 Å². The zero-order valence-corrected chi connectivity index (χ0v) is 20.5. The quantitative estimate of drug-likeness (QED) is 0.470. The summed E-state index contributed by atoms with van der Waals surface area (Å²) in [5.74, 6) is 0.205. The molecule has 0 fully saturated rings. The molecule has 0 saturated carbocycles. The molecule has 7 heteroatoms. The number of fused-ring (bicyclic) bond motifs is 1. The molecule has 2 heterocycles. The molecule has 2 amide bonds. The molecular formula is C26H27ClN2O3S. The van der Waals surface area contributed by atoms with Gasteiger partial charge < -0.3 is 14.5 Å². The van der Waals surface area contributed by atoms with Crippen LogP contribution in [0, 0.1) is 0 Å². The number of amides is 2. The molecule has 172 valence electrons. The van der Waals surface area contributed by atoms with Crippen LogP contribution >= 0.6 is 22.9 Å². The molecule has 5 nitrogen and oxygen atoms in total. The van der Waals surface area contributed by atoms with Gasteiger partial charge in [-0.3, -0.25) is 9.59 Å². The number of carbonyl (C=O) groups is 2. The van der Waals surface area contributed by atoms with Crippen molar-refractivity contribution in [3.05, 3.63) is 86.6 Å². The number of nitrogens with zero attached hydrogens (tertiary/aromatic N) is 2. The molecule has 0 spiro atoms. The molecule has 0 saturated heterocycles. The van der Waals surface area contributed by atoms with Crippen molar-refractivity contribution in [1.82, 2.24) is 9.80 Å². The van der Waals surface area contributed by atoms with E-state index in [-0.39, 0.29) is 30.4 Å². The first-order valence-electron chi connectivity index (χ1n) is 11.0. The Balaban J connectivity index is 1.63. The van der Waals surface area contributed by atoms with Crippen LogP contribution < -0.4 is 4.74 Å². The molecule has 1 aliphatic heterocycles. The Hall–Kier alpha value is -2.83. The van der Waals surface area contributed by atoms with Crippen molar-refractivity contribution < 1.29 is 14.3 Å². The van der Waals surface area contributed by atoms with Crippen LogP contribution in [0.25, 0.3) is 0 Å². The van der Waals surface area contributed by atoms with Crippen molar-refractivity contribution in [2.45, 2.75) is 32.4 Å². The van der Waals surface area contributed by atoms with Crippen LogP contribution in [0.2, 0.25) is 5.02 Å². The maximum atomic E-state index is 13.7. The van der Waals surface area contributed by atoms with Crippen molar-refractivity contribution in [3.8, 4) is 5.75 Å². The summed E-state index contributed by atoms with van der Waals surface area (Å²) in [6, 6.07) is 16.5. The van der Waals surface area contributed by atoms with Crippen LogP contribution in [0.5, 0.6) is 5.75 Å². The van der Waals surface area contributed by atoms with Gasteiger partial charge in [-0.15, -0.1) is 11.3 Å². The molecule has 3 aromatic rings. The number of halogens is 1. The maximum absolute atomic E-state index is 13.7. The minimum absolute atomic E-state index is 0.00188. The number of hydrogen-bond donors (Lipinski definition) is 0. The molecule has 2 aromatic carbocycles. The standard InChI is InChI=1S/C26H27ClN2O3S/c1-17(2)29(26(31)20-6-4-5-7-22(20)32-3)16-24(30)28-14-12-23-21(13-15-33-23)25(28)18-8-10-19(27)11-9-18/h4-11,13,15,17,25H,12,14,16H2,1-3H3. The monoisotopic (exact) mass is 482 g/mol. The Morgan fingerprint density at radius 1 is 1.15 bits per heavy atom. The fraction of sp³-hybridized carbons (Fsp3) is 0.308. The fourth-order valence-electron chi connectivity index (χ4n) is 4.29. The molecule has 33 heavy (non-hydrogen) atoms. The van der Waals surface area contributed by atoms with Crippen molar-refractivity contribution in [2.75, 3.05) is 20.2 Å². The van der Waals surface area contributed by atoms with E-state index in [1.54, 1.807) is 41.5 Å². The zero-order valence-electron chi connectivity index (χ0n) is 19.0. The third kappa shape index (κ3) is 4.77. The van der Waals surface area contributed by atoms with E-state index in [1.165, 1.54) is 4.88 Å². The van der Waals surface area contributed by atoms with Gasteiger partial charge in [-0.1, -0.05) is 35.9 Å². The lowest BCUT2D eigenvalue weighted by Gasteiger charge is -2.38. The highest BCUT2D eigenvalue weighted by Gasteiger charge is 2.34. The Labute approximate surface area is 203 Å². The van der Waals surface area contributed by atoms with Crippen LogP contribution in [0.1, 0.15) is 46.3 Å². The van der Waals surface area contributed by atoms with Crippen LogP contribution in [-0.2, 0) is 11.2 Å². The smallest absolute Gasteiger partial charge is 0.258 e. The molecule has 1 atom stereocenters. The lowest BCUT2D eigenvalue weighted by molar-refractivity contribution is -0.134. The number of hydrogen-bond acceptors (Lipinski definition) is 4. The SMILES string of the molecule is COc1ccccc1C(=O)N(CC(=O)N1CCc2sccc2C1c1ccc(Cl)cc1)C(C)C. The molecule has 0 aliphatic carbocycles. The molecule has 1 unspecified atom stereocenters. The number of rotatable bonds is 6. The number of carbonyl (C=O) groups excluding carboxylic acids is 2. The minimum Gasteiger partial charge on any atom is -0.496 e. The number of methoxy groups -OCH3 is 1. The highest BCUT2D eigenvalue weighted by Crippen LogP contribution is 2.38. The summed E-state index contributed by atoms with van der Waals surface area (Å²) in [7, 11) is 1.54. The third-order valence-electron chi connectivity index (χ3n) is 6.00. The second-order valence-corrected chi connectivity index (χ2v) is 9.75. The summed E-state index contributed by atoms with van der Waals surface area (Å²) in [6.07, 6.45) is 0.810. The molecule has 1 aliphatic rings. The van der Waals surface area contributed by atoms with E-state index in [9.17, 15) is 9.59 Å². The van der Waals surface area contributed by atoms with Gasteiger partial charge in [0.2, 0.25) is 5.91 Å². The van der Waals surface area contributed by atoms with E-state index in [0.717, 1.165) is 17.5 Å².